The van der Waals surface area contributed by atoms with Gasteiger partial charge in [0.05, 0.1) is 5.71 Å². The van der Waals surface area contributed by atoms with Crippen molar-refractivity contribution >= 4 is 29.8 Å². The highest BCUT2D eigenvalue weighted by Gasteiger charge is 2.29. The predicted octanol–water partition coefficient (Wildman–Crippen LogP) is 4.73. The Kier molecular flexibility index (Phi) is 5.55. The third kappa shape index (κ3) is 3.78. The van der Waals surface area contributed by atoms with Gasteiger partial charge in [0.15, 0.2) is 0 Å². The minimum absolute atomic E-state index is 0.299. The quantitative estimate of drug-likeness (QED) is 0.458. The number of allylic oxidation sites excluding steroid dienone is 4. The molecule has 1 aromatic rings. The topological polar surface area (TPSA) is 35.6 Å². The molecule has 0 saturated carbocycles. The summed E-state index contributed by atoms with van der Waals surface area (Å²) in [7, 11) is 1.85. The molecule has 1 aliphatic heterocycles. The third-order valence-electron chi connectivity index (χ3n) is 5.96. The summed E-state index contributed by atoms with van der Waals surface area (Å²) >= 11 is 1.96. The van der Waals surface area contributed by atoms with E-state index >= 15 is 0 Å². The van der Waals surface area contributed by atoms with Gasteiger partial charge in [-0.3, -0.25) is 4.99 Å². The summed E-state index contributed by atoms with van der Waals surface area (Å²) in [4.78, 5) is 7.84. The van der Waals surface area contributed by atoms with Gasteiger partial charge in [0.2, 0.25) is 0 Å². The van der Waals surface area contributed by atoms with E-state index in [9.17, 15) is 5.11 Å². The molecule has 0 radical (unpaired) electrons. The first kappa shape index (κ1) is 18.6. The molecule has 0 aromatic carbocycles. The number of hydrogen-bond donors (Lipinski definition) is 1. The summed E-state index contributed by atoms with van der Waals surface area (Å²) < 4.78 is 1.69. The van der Waals surface area contributed by atoms with Gasteiger partial charge in [-0.2, -0.15) is 0 Å². The molecule has 0 amide bonds. The van der Waals surface area contributed by atoms with Gasteiger partial charge >= 0.3 is 0 Å². The molecule has 4 heteroatoms. The Labute approximate surface area is 166 Å². The first-order valence-electron chi connectivity index (χ1n) is 10.1. The number of fused-ring (bicyclic) bond motifs is 3. The Hall–Kier alpha value is -1.78. The van der Waals surface area contributed by atoms with E-state index in [0.717, 1.165) is 32.1 Å². The Bertz CT molecular complexity index is 856. The van der Waals surface area contributed by atoms with E-state index in [1.165, 1.54) is 41.0 Å². The van der Waals surface area contributed by atoms with Crippen molar-refractivity contribution < 1.29 is 9.68 Å². The summed E-state index contributed by atoms with van der Waals surface area (Å²) in [6.45, 7) is 3.86. The minimum Gasteiger partial charge on any atom is -0.337 e. The highest BCUT2D eigenvalue weighted by Crippen LogP contribution is 2.39. The Morgan fingerprint density at radius 3 is 2.96 bits per heavy atom. The lowest BCUT2D eigenvalue weighted by Gasteiger charge is -2.22. The zero-order valence-corrected chi connectivity index (χ0v) is 17.0. The molecule has 0 saturated heterocycles. The van der Waals surface area contributed by atoms with Crippen molar-refractivity contribution in [1.82, 2.24) is 0 Å². The van der Waals surface area contributed by atoms with Crippen molar-refractivity contribution in [1.29, 1.82) is 0 Å². The molecule has 1 aromatic heterocycles. The van der Waals surface area contributed by atoms with Crippen LogP contribution in [0.1, 0.15) is 59.4 Å². The Balaban J connectivity index is 1.64. The van der Waals surface area contributed by atoms with Crippen LogP contribution in [0.5, 0.6) is 0 Å². The van der Waals surface area contributed by atoms with Crippen molar-refractivity contribution in [2.45, 2.75) is 57.6 Å². The standard InChI is InChI=1S/C23H29N2OS/c1-25(2)23(26)17-10-5-8-16(9-6-11-17)22-21-18-12-7-14-19(18)27-20(21)13-3-4-15-24-22/h3-4,8,13,15,17,23,26H,1,5-7,9-12,14H2,2H3/q+1. The van der Waals surface area contributed by atoms with Gasteiger partial charge < -0.3 is 5.11 Å². The normalized spacial score (nSPS) is 23.3. The SMILES string of the molecule is C=[N+](C)C(O)C1CCC=C(C2=NC=CC=Cc3sc4c(c32)CCC4)CCC1. The molecule has 2 aliphatic carbocycles. The number of aryl methyl sites for hydroxylation is 1. The maximum atomic E-state index is 10.4. The fraction of sp³-hybridized carbons (Fsp3) is 0.478. The largest absolute Gasteiger partial charge is 0.337 e. The van der Waals surface area contributed by atoms with Crippen molar-refractivity contribution in [3.8, 4) is 0 Å². The average molecular weight is 382 g/mol. The maximum Gasteiger partial charge on any atom is 0.256 e. The molecule has 2 atom stereocenters. The van der Waals surface area contributed by atoms with Crippen molar-refractivity contribution in [2.75, 3.05) is 7.05 Å². The first-order chi connectivity index (χ1) is 13.1. The van der Waals surface area contributed by atoms with E-state index < -0.39 is 6.23 Å². The summed E-state index contributed by atoms with van der Waals surface area (Å²) in [5.74, 6) is 0.299. The van der Waals surface area contributed by atoms with Crippen molar-refractivity contribution in [3.05, 3.63) is 50.9 Å². The smallest absolute Gasteiger partial charge is 0.256 e. The molecule has 2 unspecified atom stereocenters. The molecule has 0 fully saturated rings. The Morgan fingerprint density at radius 2 is 2.11 bits per heavy atom. The molecular weight excluding hydrogens is 352 g/mol. The van der Waals surface area contributed by atoms with Crippen LogP contribution in [-0.4, -0.2) is 35.4 Å². The van der Waals surface area contributed by atoms with Crippen LogP contribution in [-0.2, 0) is 12.8 Å². The van der Waals surface area contributed by atoms with Crippen molar-refractivity contribution in [2.24, 2.45) is 10.9 Å². The summed E-state index contributed by atoms with van der Waals surface area (Å²) in [6, 6.07) is 0. The van der Waals surface area contributed by atoms with E-state index in [1.807, 2.05) is 30.7 Å². The number of aliphatic hydroxyl groups excluding tert-OH is 1. The third-order valence-corrected chi connectivity index (χ3v) is 7.22. The molecule has 0 spiro atoms. The zero-order chi connectivity index (χ0) is 18.8. The van der Waals surface area contributed by atoms with Crippen LogP contribution >= 0.6 is 11.3 Å². The van der Waals surface area contributed by atoms with Gasteiger partial charge in [-0.25, -0.2) is 4.58 Å². The summed E-state index contributed by atoms with van der Waals surface area (Å²) in [5, 5.41) is 10.4. The van der Waals surface area contributed by atoms with Crippen LogP contribution in [0, 0.1) is 5.92 Å². The Morgan fingerprint density at radius 1 is 1.22 bits per heavy atom. The molecular formula is C23H29N2OS+. The monoisotopic (exact) mass is 381 g/mol. The molecule has 0 bridgehead atoms. The fourth-order valence-corrected chi connectivity index (χ4v) is 5.87. The maximum absolute atomic E-state index is 10.4. The van der Waals surface area contributed by atoms with Gasteiger partial charge in [0.25, 0.3) is 6.23 Å². The molecule has 3 aliphatic rings. The van der Waals surface area contributed by atoms with Gasteiger partial charge in [0.1, 0.15) is 13.8 Å². The molecule has 27 heavy (non-hydrogen) atoms. The second-order valence-corrected chi connectivity index (χ2v) is 9.04. The molecule has 142 valence electrons. The number of nitrogens with zero attached hydrogens (tertiary/aromatic N) is 2. The van der Waals surface area contributed by atoms with Crippen LogP contribution in [0.4, 0.5) is 0 Å². The van der Waals surface area contributed by atoms with E-state index in [1.54, 1.807) is 15.0 Å². The van der Waals surface area contributed by atoms with Crippen LogP contribution in [0.25, 0.3) is 6.08 Å². The van der Waals surface area contributed by atoms with E-state index in [4.69, 9.17) is 4.99 Å². The lowest BCUT2D eigenvalue weighted by molar-refractivity contribution is -0.587. The number of thiophene rings is 1. The van der Waals surface area contributed by atoms with E-state index in [2.05, 4.69) is 24.9 Å². The van der Waals surface area contributed by atoms with Gasteiger partial charge in [-0.05, 0) is 74.7 Å². The highest BCUT2D eigenvalue weighted by molar-refractivity contribution is 7.13. The number of aliphatic hydroxyl groups is 1. The minimum atomic E-state index is -0.446. The van der Waals surface area contributed by atoms with Crippen molar-refractivity contribution in [3.63, 3.8) is 0 Å². The van der Waals surface area contributed by atoms with Crippen LogP contribution in [0.15, 0.2) is 35.0 Å². The van der Waals surface area contributed by atoms with Gasteiger partial charge in [-0.15, -0.1) is 11.3 Å². The van der Waals surface area contributed by atoms with Crippen LogP contribution < -0.4 is 0 Å². The molecule has 3 nitrogen and oxygen atoms in total. The van der Waals surface area contributed by atoms with E-state index in [-0.39, 0.29) is 0 Å². The molecule has 4 rings (SSSR count). The lowest BCUT2D eigenvalue weighted by atomic mass is 9.86. The van der Waals surface area contributed by atoms with E-state index in [0.29, 0.717) is 5.92 Å². The average Bonchev–Trinajstić information content (AvgIpc) is 3.17. The number of rotatable bonds is 3. The number of hydrogen-bond acceptors (Lipinski definition) is 3. The second-order valence-electron chi connectivity index (χ2n) is 7.90. The summed E-state index contributed by atoms with van der Waals surface area (Å²) in [5.41, 5.74) is 5.52. The zero-order valence-electron chi connectivity index (χ0n) is 16.2. The second kappa shape index (κ2) is 8.07. The van der Waals surface area contributed by atoms with Crippen LogP contribution in [0.3, 0.4) is 0 Å². The number of aliphatic imine (C=N–C) groups is 1. The van der Waals surface area contributed by atoms with Gasteiger partial charge in [-0.1, -0.05) is 12.2 Å². The summed E-state index contributed by atoms with van der Waals surface area (Å²) in [6.07, 6.45) is 19.1. The first-order valence-corrected chi connectivity index (χ1v) is 10.9. The fourth-order valence-electron chi connectivity index (χ4n) is 4.57. The molecule has 1 N–H and O–H groups in total. The molecule has 2 heterocycles. The van der Waals surface area contributed by atoms with Gasteiger partial charge in [0, 0.05) is 27.4 Å². The highest BCUT2D eigenvalue weighted by atomic mass is 32.1. The predicted molar refractivity (Wildman–Crippen MR) is 115 cm³/mol. The van der Waals surface area contributed by atoms with Crippen LogP contribution in [0.2, 0.25) is 0 Å². The lowest BCUT2D eigenvalue weighted by Crippen LogP contribution is -2.30.